The van der Waals surface area contributed by atoms with Crippen LogP contribution in [-0.4, -0.2) is 86.5 Å². The van der Waals surface area contributed by atoms with E-state index in [0.29, 0.717) is 0 Å². The third-order valence-electron chi connectivity index (χ3n) is 7.71. The zero-order valence-electron chi connectivity index (χ0n) is 22.8. The van der Waals surface area contributed by atoms with Gasteiger partial charge in [-0.25, -0.2) is 4.39 Å². The van der Waals surface area contributed by atoms with Crippen LogP contribution in [-0.2, 0) is 20.8 Å². The van der Waals surface area contributed by atoms with Crippen molar-refractivity contribution in [3.05, 3.63) is 45.7 Å². The predicted molar refractivity (Wildman–Crippen MR) is 140 cm³/mol. The normalized spacial score (nSPS) is 26.4. The van der Waals surface area contributed by atoms with Crippen LogP contribution < -0.4 is 16.4 Å². The Labute approximate surface area is 229 Å². The van der Waals surface area contributed by atoms with E-state index in [1.54, 1.807) is 0 Å². The monoisotopic (exact) mass is 560 g/mol. The van der Waals surface area contributed by atoms with Crippen LogP contribution >= 0.6 is 0 Å². The molecule has 1 aromatic carbocycles. The van der Waals surface area contributed by atoms with E-state index < -0.39 is 97.9 Å². The van der Waals surface area contributed by atoms with E-state index >= 15 is 4.39 Å². The van der Waals surface area contributed by atoms with Crippen LogP contribution in [0.5, 0.6) is 5.75 Å². The molecule has 13 heteroatoms. The van der Waals surface area contributed by atoms with Crippen LogP contribution in [0.1, 0.15) is 43.1 Å². The molecule has 12 nitrogen and oxygen atoms in total. The SMILES string of the molecule is CN(C)[C@@H]1C(O)=C(C(N)=O)C(=O)[C@@]2(O)C(O)=C3C(=O)c4c(cc(F)c(NC(=O)CNC(C)(C)C)c4O)C[C@H]3C[C@@H]12. The number of primary amides is 1. The first kappa shape index (κ1) is 29.2. The highest BCUT2D eigenvalue weighted by molar-refractivity contribution is 6.25. The molecule has 0 heterocycles. The van der Waals surface area contributed by atoms with Crippen molar-refractivity contribution in [1.29, 1.82) is 0 Å². The Hall–Kier alpha value is -3.81. The maximum atomic E-state index is 15.1. The molecule has 4 rings (SSSR count). The summed E-state index contributed by atoms with van der Waals surface area (Å²) in [5.74, 6) is -9.93. The van der Waals surface area contributed by atoms with Gasteiger partial charge in [-0.1, -0.05) is 0 Å². The number of nitrogens with one attached hydrogen (secondary N) is 2. The lowest BCUT2D eigenvalue weighted by atomic mass is 9.58. The van der Waals surface area contributed by atoms with Crippen LogP contribution in [0, 0.1) is 17.7 Å². The van der Waals surface area contributed by atoms with Crippen LogP contribution in [0.4, 0.5) is 10.1 Å². The van der Waals surface area contributed by atoms with E-state index in [1.807, 2.05) is 20.8 Å². The van der Waals surface area contributed by atoms with Gasteiger partial charge in [-0.05, 0) is 65.3 Å². The Balaban J connectivity index is 1.81. The van der Waals surface area contributed by atoms with Gasteiger partial charge in [0.15, 0.2) is 23.0 Å². The van der Waals surface area contributed by atoms with Crippen molar-refractivity contribution in [3.63, 3.8) is 0 Å². The smallest absolute Gasteiger partial charge is 0.255 e. The molecule has 0 saturated heterocycles. The maximum Gasteiger partial charge on any atom is 0.255 e. The highest BCUT2D eigenvalue weighted by Crippen LogP contribution is 2.52. The lowest BCUT2D eigenvalue weighted by Gasteiger charge is -2.50. The van der Waals surface area contributed by atoms with E-state index in [1.165, 1.54) is 19.0 Å². The fraction of sp³-hybridized carbons (Fsp3) is 0.481. The summed E-state index contributed by atoms with van der Waals surface area (Å²) in [6.45, 7) is 5.23. The van der Waals surface area contributed by atoms with Crippen molar-refractivity contribution >= 4 is 29.1 Å². The average Bonchev–Trinajstić information content (AvgIpc) is 2.81. The lowest BCUT2D eigenvalue weighted by Crippen LogP contribution is -2.63. The first-order valence-electron chi connectivity index (χ1n) is 12.7. The molecule has 0 aromatic heterocycles. The molecule has 0 unspecified atom stereocenters. The van der Waals surface area contributed by atoms with Gasteiger partial charge in [-0.15, -0.1) is 0 Å². The number of amides is 2. The van der Waals surface area contributed by atoms with Crippen molar-refractivity contribution < 1.29 is 44.0 Å². The molecule has 40 heavy (non-hydrogen) atoms. The summed E-state index contributed by atoms with van der Waals surface area (Å²) in [6.07, 6.45) is -0.191. The molecule has 0 bridgehead atoms. The number of aromatic hydroxyl groups is 1. The van der Waals surface area contributed by atoms with Crippen LogP contribution in [0.15, 0.2) is 28.7 Å². The minimum atomic E-state index is -2.78. The van der Waals surface area contributed by atoms with Gasteiger partial charge in [0.25, 0.3) is 5.91 Å². The summed E-state index contributed by atoms with van der Waals surface area (Å²) in [5, 5.41) is 49.8. The zero-order valence-corrected chi connectivity index (χ0v) is 22.8. The Bertz CT molecular complexity index is 1410. The van der Waals surface area contributed by atoms with Gasteiger partial charge >= 0.3 is 0 Å². The number of ketones is 2. The number of likely N-dealkylation sites (N-methyl/N-ethyl adjacent to an activating group) is 1. The van der Waals surface area contributed by atoms with Crippen LogP contribution in [0.25, 0.3) is 0 Å². The Morgan fingerprint density at radius 2 is 1.82 bits per heavy atom. The standard InChI is InChI=1S/C27H33FN4O8/c1-26(2,3)30-9-14(33)31-18-13(28)8-11-6-10-7-12-19(32(4)5)22(36)17(25(29)39)24(38)27(12,40)23(37)16(10)20(34)15(11)21(18)35/h8,10,12,19,30,35-37,40H,6-7,9H2,1-5H3,(H2,29,39)(H,31,33)/t10-,12-,19-,27-/m0/s1. The largest absolute Gasteiger partial charge is 0.510 e. The van der Waals surface area contributed by atoms with Crippen LogP contribution in [0.3, 0.4) is 0 Å². The summed E-state index contributed by atoms with van der Waals surface area (Å²) >= 11 is 0. The molecule has 0 spiro atoms. The van der Waals surface area contributed by atoms with Gasteiger partial charge < -0.3 is 36.8 Å². The number of carbonyl (C=O) groups excluding carboxylic acids is 4. The quantitative estimate of drug-likeness (QED) is 0.197. The minimum Gasteiger partial charge on any atom is -0.510 e. The molecule has 3 aliphatic carbocycles. The summed E-state index contributed by atoms with van der Waals surface area (Å²) < 4.78 is 15.1. The summed E-state index contributed by atoms with van der Waals surface area (Å²) in [6, 6.07) is -0.123. The number of aliphatic hydroxyl groups is 3. The fourth-order valence-electron chi connectivity index (χ4n) is 5.92. The van der Waals surface area contributed by atoms with Gasteiger partial charge in [0.05, 0.1) is 18.2 Å². The number of hydrogen-bond donors (Lipinski definition) is 7. The van der Waals surface area contributed by atoms with Crippen molar-refractivity contribution in [1.82, 2.24) is 10.2 Å². The molecule has 0 saturated carbocycles. The molecule has 0 aliphatic heterocycles. The Morgan fingerprint density at radius 1 is 1.20 bits per heavy atom. The Kier molecular flexibility index (Phi) is 7.06. The first-order chi connectivity index (χ1) is 18.4. The number of benzene rings is 1. The van der Waals surface area contributed by atoms with E-state index in [2.05, 4.69) is 10.6 Å². The predicted octanol–water partition coefficient (Wildman–Crippen LogP) is 0.586. The van der Waals surface area contributed by atoms with Gasteiger partial charge in [-0.2, -0.15) is 0 Å². The lowest BCUT2D eigenvalue weighted by molar-refractivity contribution is -0.148. The second-order valence-electron chi connectivity index (χ2n) is 11.7. The van der Waals surface area contributed by atoms with Crippen molar-refractivity contribution in [2.75, 3.05) is 26.0 Å². The molecule has 0 fully saturated rings. The Morgan fingerprint density at radius 3 is 2.38 bits per heavy atom. The minimum absolute atomic E-state index is 0.0706. The summed E-state index contributed by atoms with van der Waals surface area (Å²) in [5.41, 5.74) is -0.124. The number of halogens is 1. The topological polar surface area (TPSA) is 203 Å². The molecule has 2 amide bonds. The number of anilines is 1. The average molecular weight is 561 g/mol. The number of nitrogens with zero attached hydrogens (tertiary/aromatic N) is 1. The number of Topliss-reactive ketones (excluding diaryl/α,β-unsaturated/α-hetero) is 2. The highest BCUT2D eigenvalue weighted by Gasteiger charge is 2.63. The first-order valence-corrected chi connectivity index (χ1v) is 12.7. The second-order valence-corrected chi connectivity index (χ2v) is 11.7. The number of rotatable bonds is 5. The van der Waals surface area contributed by atoms with E-state index in [0.717, 1.165) is 6.07 Å². The molecular weight excluding hydrogens is 527 g/mol. The van der Waals surface area contributed by atoms with E-state index in [9.17, 15) is 39.6 Å². The number of carbonyl (C=O) groups is 4. The molecule has 8 N–H and O–H groups in total. The van der Waals surface area contributed by atoms with Crippen LogP contribution in [0.2, 0.25) is 0 Å². The van der Waals surface area contributed by atoms with Gasteiger partial charge in [0, 0.05) is 17.0 Å². The molecule has 0 radical (unpaired) electrons. The molecule has 3 aliphatic rings. The number of nitrogens with two attached hydrogens (primary N) is 1. The summed E-state index contributed by atoms with van der Waals surface area (Å²) in [4.78, 5) is 52.9. The number of fused-ring (bicyclic) bond motifs is 3. The summed E-state index contributed by atoms with van der Waals surface area (Å²) in [7, 11) is 3.04. The molecular formula is C27H33FN4O8. The molecule has 4 atom stereocenters. The number of phenols is 1. The van der Waals surface area contributed by atoms with Gasteiger partial charge in [0.1, 0.15) is 22.8 Å². The number of hydrogen-bond acceptors (Lipinski definition) is 10. The van der Waals surface area contributed by atoms with Crippen molar-refractivity contribution in [3.8, 4) is 5.75 Å². The number of phenolic OH excluding ortho intramolecular Hbond substituents is 1. The number of aliphatic hydroxyl groups excluding tert-OH is 2. The van der Waals surface area contributed by atoms with Gasteiger partial charge in [0.2, 0.25) is 11.7 Å². The van der Waals surface area contributed by atoms with E-state index in [4.69, 9.17) is 5.73 Å². The zero-order chi connectivity index (χ0) is 30.1. The maximum absolute atomic E-state index is 15.1. The molecule has 1 aromatic rings. The second kappa shape index (κ2) is 9.68. The molecule has 216 valence electrons. The third-order valence-corrected chi connectivity index (χ3v) is 7.71. The number of allylic oxidation sites excluding steroid dienone is 1. The highest BCUT2D eigenvalue weighted by atomic mass is 19.1. The van der Waals surface area contributed by atoms with E-state index in [-0.39, 0.29) is 24.9 Å². The van der Waals surface area contributed by atoms with Crippen molar-refractivity contribution in [2.24, 2.45) is 17.6 Å². The third kappa shape index (κ3) is 4.43. The fourth-order valence-corrected chi connectivity index (χ4v) is 5.92. The van der Waals surface area contributed by atoms with Crippen molar-refractivity contribution in [2.45, 2.75) is 50.8 Å². The van der Waals surface area contributed by atoms with Gasteiger partial charge in [-0.3, -0.25) is 24.1 Å².